The molecule has 18 heavy (non-hydrogen) atoms. The van der Waals surface area contributed by atoms with Gasteiger partial charge in [-0.25, -0.2) is 0 Å². The summed E-state index contributed by atoms with van der Waals surface area (Å²) in [6.07, 6.45) is 3.04. The first-order valence-electron chi connectivity index (χ1n) is 6.85. The lowest BCUT2D eigenvalue weighted by Gasteiger charge is -2.28. The molecule has 0 unspecified atom stereocenters. The highest BCUT2D eigenvalue weighted by atomic mass is 28.4. The third-order valence-corrected chi connectivity index (χ3v) is 5.32. The summed E-state index contributed by atoms with van der Waals surface area (Å²) >= 11 is 0. The summed E-state index contributed by atoms with van der Waals surface area (Å²) in [6.45, 7) is 12.3. The van der Waals surface area contributed by atoms with E-state index in [0.29, 0.717) is 32.5 Å². The summed E-state index contributed by atoms with van der Waals surface area (Å²) in [6, 6.07) is 0.692. The van der Waals surface area contributed by atoms with Gasteiger partial charge in [-0.1, -0.05) is 6.92 Å². The van der Waals surface area contributed by atoms with Gasteiger partial charge in [0.25, 0.3) is 0 Å². The maximum Gasteiger partial charge on any atom is 0.504 e. The Hall–Kier alpha value is -0.363. The number of hydrogen-bond donors (Lipinski definition) is 0. The Balaban J connectivity index is 4.33. The van der Waals surface area contributed by atoms with Crippen molar-refractivity contribution in [2.75, 3.05) is 26.4 Å². The van der Waals surface area contributed by atoms with E-state index in [0.717, 1.165) is 12.2 Å². The molecule has 0 heterocycles. The molecule has 0 atom stereocenters. The Kier molecular flexibility index (Phi) is 10.3. The molecule has 0 spiro atoms. The molecular weight excluding hydrogens is 248 g/mol. The molecule has 0 saturated heterocycles. The monoisotopic (exact) mass is 276 g/mol. The van der Waals surface area contributed by atoms with Gasteiger partial charge in [0.2, 0.25) is 0 Å². The number of ether oxygens (including phenoxy) is 1. The van der Waals surface area contributed by atoms with E-state index in [1.165, 1.54) is 0 Å². The Labute approximate surface area is 113 Å². The standard InChI is InChI=1S/C13H28O4Si/c1-6-10-13(5)14-11-12-18(15-7-2,16-8-3)17-9-4/h10H,6-9,11-12H2,1-5H3. The van der Waals surface area contributed by atoms with Crippen LogP contribution in [0.5, 0.6) is 0 Å². The maximum atomic E-state index is 5.75. The van der Waals surface area contributed by atoms with Gasteiger partial charge in [0.05, 0.1) is 18.4 Å². The average Bonchev–Trinajstić information content (AvgIpc) is 2.30. The van der Waals surface area contributed by atoms with Crippen molar-refractivity contribution in [3.8, 4) is 0 Å². The van der Waals surface area contributed by atoms with Crippen LogP contribution in [0.25, 0.3) is 0 Å². The van der Waals surface area contributed by atoms with E-state index < -0.39 is 8.80 Å². The molecule has 5 heteroatoms. The fourth-order valence-corrected chi connectivity index (χ4v) is 4.04. The van der Waals surface area contributed by atoms with Gasteiger partial charge in [-0.15, -0.1) is 0 Å². The smallest absolute Gasteiger partial charge is 0.499 e. The van der Waals surface area contributed by atoms with Crippen LogP contribution < -0.4 is 0 Å². The van der Waals surface area contributed by atoms with E-state index in [2.05, 4.69) is 13.0 Å². The SMILES string of the molecule is CCC=C(C)OCC[Si](OCC)(OCC)OCC. The molecule has 0 aliphatic heterocycles. The lowest BCUT2D eigenvalue weighted by Crippen LogP contribution is -2.46. The van der Waals surface area contributed by atoms with E-state index in [4.69, 9.17) is 18.0 Å². The first-order valence-corrected chi connectivity index (χ1v) is 8.78. The largest absolute Gasteiger partial charge is 0.504 e. The van der Waals surface area contributed by atoms with Gasteiger partial charge in [-0.05, 0) is 40.2 Å². The van der Waals surface area contributed by atoms with Crippen LogP contribution in [0.4, 0.5) is 0 Å². The predicted octanol–water partition coefficient (Wildman–Crippen LogP) is 3.37. The van der Waals surface area contributed by atoms with Crippen LogP contribution in [0, 0.1) is 0 Å². The van der Waals surface area contributed by atoms with Gasteiger partial charge in [-0.2, -0.15) is 0 Å². The van der Waals surface area contributed by atoms with Crippen LogP contribution in [0.3, 0.4) is 0 Å². The summed E-state index contributed by atoms with van der Waals surface area (Å²) in [5.74, 6) is 0.949. The van der Waals surface area contributed by atoms with Gasteiger partial charge >= 0.3 is 8.80 Å². The molecule has 0 rings (SSSR count). The third kappa shape index (κ3) is 7.16. The highest BCUT2D eigenvalue weighted by Gasteiger charge is 2.40. The van der Waals surface area contributed by atoms with Gasteiger partial charge in [0.1, 0.15) is 0 Å². The first-order chi connectivity index (χ1) is 8.64. The van der Waals surface area contributed by atoms with Crippen molar-refractivity contribution in [3.63, 3.8) is 0 Å². The second kappa shape index (κ2) is 10.5. The molecule has 4 nitrogen and oxygen atoms in total. The highest BCUT2D eigenvalue weighted by molar-refractivity contribution is 6.60. The highest BCUT2D eigenvalue weighted by Crippen LogP contribution is 2.16. The van der Waals surface area contributed by atoms with Crippen LogP contribution in [0.1, 0.15) is 41.0 Å². The number of rotatable bonds is 11. The summed E-state index contributed by atoms with van der Waals surface area (Å²) in [4.78, 5) is 0. The Bertz CT molecular complexity index is 214. The van der Waals surface area contributed by atoms with Gasteiger partial charge in [0, 0.05) is 19.8 Å². The van der Waals surface area contributed by atoms with Crippen LogP contribution in [0.2, 0.25) is 6.04 Å². The quantitative estimate of drug-likeness (QED) is 0.428. The second-order valence-corrected chi connectivity index (χ2v) is 6.54. The van der Waals surface area contributed by atoms with Crippen molar-refractivity contribution in [1.82, 2.24) is 0 Å². The zero-order valence-electron chi connectivity index (χ0n) is 12.5. The van der Waals surface area contributed by atoms with Gasteiger partial charge in [0.15, 0.2) is 0 Å². The molecule has 0 N–H and O–H groups in total. The second-order valence-electron chi connectivity index (χ2n) is 3.80. The Morgan fingerprint density at radius 3 is 1.83 bits per heavy atom. The minimum atomic E-state index is -2.54. The predicted molar refractivity (Wildman–Crippen MR) is 75.4 cm³/mol. The molecule has 0 bridgehead atoms. The topological polar surface area (TPSA) is 36.9 Å². The number of allylic oxidation sites excluding steroid dienone is 2. The van der Waals surface area contributed by atoms with Crippen molar-refractivity contribution in [3.05, 3.63) is 11.8 Å². The van der Waals surface area contributed by atoms with Crippen molar-refractivity contribution in [1.29, 1.82) is 0 Å². The van der Waals surface area contributed by atoms with Crippen LogP contribution >= 0.6 is 0 Å². The van der Waals surface area contributed by atoms with E-state index in [-0.39, 0.29) is 0 Å². The lowest BCUT2D eigenvalue weighted by atomic mass is 10.4. The van der Waals surface area contributed by atoms with Crippen molar-refractivity contribution in [2.45, 2.75) is 47.1 Å². The third-order valence-electron chi connectivity index (χ3n) is 2.32. The van der Waals surface area contributed by atoms with Crippen LogP contribution in [0.15, 0.2) is 11.8 Å². The van der Waals surface area contributed by atoms with E-state index in [1.54, 1.807) is 0 Å². The fourth-order valence-electron chi connectivity index (χ4n) is 1.68. The van der Waals surface area contributed by atoms with Crippen LogP contribution in [-0.4, -0.2) is 35.2 Å². The zero-order chi connectivity index (χ0) is 13.9. The molecule has 0 amide bonds. The fraction of sp³-hybridized carbons (Fsp3) is 0.846. The first kappa shape index (κ1) is 17.6. The summed E-state index contributed by atoms with van der Waals surface area (Å²) in [5.41, 5.74) is 0. The van der Waals surface area contributed by atoms with Gasteiger partial charge in [-0.3, -0.25) is 0 Å². The Morgan fingerprint density at radius 1 is 0.944 bits per heavy atom. The lowest BCUT2D eigenvalue weighted by molar-refractivity contribution is 0.0642. The number of hydrogen-bond acceptors (Lipinski definition) is 4. The zero-order valence-corrected chi connectivity index (χ0v) is 13.5. The molecule has 0 aliphatic carbocycles. The van der Waals surface area contributed by atoms with Crippen molar-refractivity contribution in [2.24, 2.45) is 0 Å². The average molecular weight is 276 g/mol. The molecule has 0 aromatic rings. The van der Waals surface area contributed by atoms with E-state index >= 15 is 0 Å². The van der Waals surface area contributed by atoms with Crippen molar-refractivity contribution < 1.29 is 18.0 Å². The summed E-state index contributed by atoms with van der Waals surface area (Å²) in [5, 5.41) is 0. The molecule has 0 radical (unpaired) electrons. The summed E-state index contributed by atoms with van der Waals surface area (Å²) < 4.78 is 22.9. The van der Waals surface area contributed by atoms with E-state index in [1.807, 2.05) is 27.7 Å². The minimum absolute atomic E-state index is 0.578. The summed E-state index contributed by atoms with van der Waals surface area (Å²) in [7, 11) is -2.54. The molecule has 0 aromatic heterocycles. The maximum absolute atomic E-state index is 5.75. The molecular formula is C13H28O4Si. The Morgan fingerprint density at radius 2 is 1.44 bits per heavy atom. The molecule has 0 aromatic carbocycles. The molecule has 0 saturated carbocycles. The van der Waals surface area contributed by atoms with Gasteiger partial charge < -0.3 is 18.0 Å². The van der Waals surface area contributed by atoms with Crippen molar-refractivity contribution >= 4 is 8.80 Å². The van der Waals surface area contributed by atoms with E-state index in [9.17, 15) is 0 Å². The molecule has 0 aliphatic rings. The molecule has 0 fully saturated rings. The minimum Gasteiger partial charge on any atom is -0.499 e. The molecule has 108 valence electrons. The normalized spacial score (nSPS) is 12.8. The van der Waals surface area contributed by atoms with Crippen LogP contribution in [-0.2, 0) is 18.0 Å².